The maximum absolute atomic E-state index is 5.14. The average molecular weight is 215 g/mol. The van der Waals surface area contributed by atoms with Gasteiger partial charge in [-0.2, -0.15) is 0 Å². The molecule has 0 bridgehead atoms. The molecular formula is C10H21NO2Si. The van der Waals surface area contributed by atoms with Crippen LogP contribution in [-0.4, -0.2) is 41.9 Å². The predicted molar refractivity (Wildman–Crippen MR) is 58.4 cm³/mol. The minimum Gasteiger partial charge on any atom is -0.360 e. The SMILES string of the molecule is COC(OC)[Si]CNC1CCCCC1. The first kappa shape index (κ1) is 12.2. The number of nitrogens with one attached hydrogen (secondary N) is 1. The summed E-state index contributed by atoms with van der Waals surface area (Å²) in [6.45, 7) is 0. The van der Waals surface area contributed by atoms with Crippen LogP contribution in [0.25, 0.3) is 0 Å². The van der Waals surface area contributed by atoms with E-state index in [1.54, 1.807) is 14.2 Å². The summed E-state index contributed by atoms with van der Waals surface area (Å²) in [6.07, 6.45) is 7.90. The molecule has 1 aliphatic carbocycles. The molecule has 0 aromatic carbocycles. The molecule has 2 radical (unpaired) electrons. The van der Waals surface area contributed by atoms with Crippen LogP contribution in [0.1, 0.15) is 32.1 Å². The van der Waals surface area contributed by atoms with Crippen molar-refractivity contribution in [2.45, 2.75) is 44.1 Å². The molecule has 82 valence electrons. The number of ether oxygens (including phenoxy) is 2. The van der Waals surface area contributed by atoms with E-state index in [1.165, 1.54) is 32.1 Å². The normalized spacial score (nSPS) is 19.1. The number of methoxy groups -OCH3 is 2. The van der Waals surface area contributed by atoms with Crippen molar-refractivity contribution in [2.75, 3.05) is 20.4 Å². The third kappa shape index (κ3) is 4.55. The Bertz CT molecular complexity index is 136. The van der Waals surface area contributed by atoms with E-state index in [2.05, 4.69) is 5.32 Å². The molecular weight excluding hydrogens is 194 g/mol. The van der Waals surface area contributed by atoms with E-state index in [4.69, 9.17) is 9.47 Å². The molecule has 1 aliphatic rings. The molecule has 0 unspecified atom stereocenters. The fourth-order valence-electron chi connectivity index (χ4n) is 1.86. The van der Waals surface area contributed by atoms with Crippen LogP contribution in [0.5, 0.6) is 0 Å². The third-order valence-corrected chi connectivity index (χ3v) is 3.91. The molecule has 0 atom stereocenters. The quantitative estimate of drug-likeness (QED) is 0.532. The monoisotopic (exact) mass is 215 g/mol. The maximum atomic E-state index is 5.14. The Hall–Kier alpha value is 0.0969. The molecule has 4 heteroatoms. The molecule has 0 aliphatic heterocycles. The average Bonchev–Trinajstić information content (AvgIpc) is 2.26. The molecule has 0 heterocycles. The van der Waals surface area contributed by atoms with Gasteiger partial charge in [0.2, 0.25) is 0 Å². The van der Waals surface area contributed by atoms with Crippen molar-refractivity contribution >= 4 is 9.52 Å². The van der Waals surface area contributed by atoms with E-state index >= 15 is 0 Å². The van der Waals surface area contributed by atoms with Crippen LogP contribution < -0.4 is 5.32 Å². The Morgan fingerprint density at radius 1 is 1.21 bits per heavy atom. The van der Waals surface area contributed by atoms with Crippen LogP contribution in [0.4, 0.5) is 0 Å². The minimum atomic E-state index is -0.0221. The molecule has 1 N–H and O–H groups in total. The van der Waals surface area contributed by atoms with Gasteiger partial charge in [0.1, 0.15) is 15.4 Å². The van der Waals surface area contributed by atoms with Crippen molar-refractivity contribution in [3.8, 4) is 0 Å². The summed E-state index contributed by atoms with van der Waals surface area (Å²) in [5, 5.41) is 3.57. The van der Waals surface area contributed by atoms with Crippen LogP contribution >= 0.6 is 0 Å². The van der Waals surface area contributed by atoms with E-state index in [1.807, 2.05) is 0 Å². The summed E-state index contributed by atoms with van der Waals surface area (Å²) in [5.74, 6) is -0.0221. The fourth-order valence-corrected chi connectivity index (χ4v) is 2.76. The topological polar surface area (TPSA) is 30.5 Å². The van der Waals surface area contributed by atoms with Gasteiger partial charge in [0.15, 0.2) is 0 Å². The van der Waals surface area contributed by atoms with Crippen LogP contribution in [0, 0.1) is 0 Å². The summed E-state index contributed by atoms with van der Waals surface area (Å²) in [6, 6.07) is 0.741. The highest BCUT2D eigenvalue weighted by atomic mass is 28.2. The summed E-state index contributed by atoms with van der Waals surface area (Å²) < 4.78 is 10.3. The first-order valence-corrected chi connectivity index (χ1v) is 6.67. The smallest absolute Gasteiger partial charge is 0.137 e. The second kappa shape index (κ2) is 7.40. The van der Waals surface area contributed by atoms with Gasteiger partial charge in [-0.15, -0.1) is 0 Å². The predicted octanol–water partition coefficient (Wildman–Crippen LogP) is 1.15. The van der Waals surface area contributed by atoms with Gasteiger partial charge in [-0.05, 0) is 19.0 Å². The molecule has 0 spiro atoms. The molecule has 0 saturated heterocycles. The molecule has 0 amide bonds. The lowest BCUT2D eigenvalue weighted by Gasteiger charge is -2.23. The summed E-state index contributed by atoms with van der Waals surface area (Å²) >= 11 is 0. The lowest BCUT2D eigenvalue weighted by atomic mass is 9.96. The van der Waals surface area contributed by atoms with Crippen LogP contribution in [-0.2, 0) is 9.47 Å². The van der Waals surface area contributed by atoms with E-state index in [9.17, 15) is 0 Å². The van der Waals surface area contributed by atoms with Crippen molar-refractivity contribution in [1.29, 1.82) is 0 Å². The van der Waals surface area contributed by atoms with E-state index < -0.39 is 0 Å². The number of rotatable bonds is 6. The van der Waals surface area contributed by atoms with Gasteiger partial charge in [-0.3, -0.25) is 0 Å². The van der Waals surface area contributed by atoms with Gasteiger partial charge >= 0.3 is 0 Å². The van der Waals surface area contributed by atoms with Gasteiger partial charge in [0.05, 0.1) is 0 Å². The summed E-state index contributed by atoms with van der Waals surface area (Å²) in [5.41, 5.74) is 0. The van der Waals surface area contributed by atoms with Crippen molar-refractivity contribution in [2.24, 2.45) is 0 Å². The summed E-state index contributed by atoms with van der Waals surface area (Å²) in [7, 11) is 4.08. The molecule has 3 nitrogen and oxygen atoms in total. The Morgan fingerprint density at radius 2 is 1.86 bits per heavy atom. The fraction of sp³-hybridized carbons (Fsp3) is 1.00. The van der Waals surface area contributed by atoms with Gasteiger partial charge in [0.25, 0.3) is 0 Å². The standard InChI is InChI=1S/C10H21NO2Si/c1-12-10(13-2)14-8-11-9-6-4-3-5-7-9/h9-11H,3-8H2,1-2H3. The third-order valence-electron chi connectivity index (χ3n) is 2.69. The molecule has 0 aromatic heterocycles. The molecule has 0 aromatic rings. The Balaban J connectivity index is 2.01. The van der Waals surface area contributed by atoms with Gasteiger partial charge in [-0.1, -0.05) is 19.3 Å². The van der Waals surface area contributed by atoms with Gasteiger partial charge < -0.3 is 14.8 Å². The zero-order valence-electron chi connectivity index (χ0n) is 9.21. The van der Waals surface area contributed by atoms with Crippen LogP contribution in [0.3, 0.4) is 0 Å². The van der Waals surface area contributed by atoms with Crippen LogP contribution in [0.15, 0.2) is 0 Å². The first-order valence-electron chi connectivity index (χ1n) is 5.39. The van der Waals surface area contributed by atoms with Crippen molar-refractivity contribution < 1.29 is 9.47 Å². The van der Waals surface area contributed by atoms with E-state index in [-0.39, 0.29) is 5.91 Å². The van der Waals surface area contributed by atoms with Crippen molar-refractivity contribution in [1.82, 2.24) is 5.32 Å². The van der Waals surface area contributed by atoms with E-state index in [0.29, 0.717) is 9.52 Å². The zero-order valence-corrected chi connectivity index (χ0v) is 10.2. The highest BCUT2D eigenvalue weighted by Gasteiger charge is 2.13. The Labute approximate surface area is 89.4 Å². The molecule has 1 saturated carbocycles. The second-order valence-corrected chi connectivity index (χ2v) is 4.96. The Kier molecular flexibility index (Phi) is 6.43. The zero-order chi connectivity index (χ0) is 10.2. The highest BCUT2D eigenvalue weighted by molar-refractivity contribution is 6.36. The second-order valence-electron chi connectivity index (χ2n) is 3.72. The summed E-state index contributed by atoms with van der Waals surface area (Å²) in [4.78, 5) is 0. The first-order chi connectivity index (χ1) is 6.86. The highest BCUT2D eigenvalue weighted by Crippen LogP contribution is 2.16. The molecule has 1 rings (SSSR count). The number of hydrogen-bond acceptors (Lipinski definition) is 3. The Morgan fingerprint density at radius 3 is 2.43 bits per heavy atom. The van der Waals surface area contributed by atoms with Gasteiger partial charge in [-0.25, -0.2) is 0 Å². The lowest BCUT2D eigenvalue weighted by Crippen LogP contribution is -2.38. The lowest BCUT2D eigenvalue weighted by molar-refractivity contribution is -0.0442. The van der Waals surface area contributed by atoms with Crippen LogP contribution in [0.2, 0.25) is 0 Å². The largest absolute Gasteiger partial charge is 0.360 e. The number of hydrogen-bond donors (Lipinski definition) is 1. The van der Waals surface area contributed by atoms with E-state index in [0.717, 1.165) is 12.2 Å². The van der Waals surface area contributed by atoms with Crippen molar-refractivity contribution in [3.63, 3.8) is 0 Å². The van der Waals surface area contributed by atoms with Crippen molar-refractivity contribution in [3.05, 3.63) is 0 Å². The molecule has 1 fully saturated rings. The minimum absolute atomic E-state index is 0.0221. The molecule has 14 heavy (non-hydrogen) atoms. The van der Waals surface area contributed by atoms with Gasteiger partial charge in [0, 0.05) is 20.3 Å². The maximum Gasteiger partial charge on any atom is 0.137 e.